The molecular weight excluding hydrogens is 456 g/mol. The minimum atomic E-state index is -0.708. The maximum atomic E-state index is 12.9. The van der Waals surface area contributed by atoms with E-state index in [9.17, 15) is 19.5 Å². The van der Waals surface area contributed by atoms with Crippen molar-refractivity contribution >= 4 is 34.1 Å². The van der Waals surface area contributed by atoms with Gasteiger partial charge in [-0.25, -0.2) is 9.79 Å². The molecular formula is C24H26N4O5S. The predicted octanol–water partition coefficient (Wildman–Crippen LogP) is 2.87. The molecule has 10 heteroatoms. The van der Waals surface area contributed by atoms with Gasteiger partial charge in [0, 0.05) is 14.1 Å². The number of para-hydroxylation sites is 2. The number of hydrogen-bond acceptors (Lipinski definition) is 7. The number of aryl methyl sites for hydroxylation is 2. The molecule has 1 aromatic heterocycles. The molecule has 3 aromatic rings. The van der Waals surface area contributed by atoms with Gasteiger partial charge in [-0.3, -0.25) is 18.7 Å². The van der Waals surface area contributed by atoms with Gasteiger partial charge in [0.1, 0.15) is 16.4 Å². The molecule has 9 nitrogen and oxygen atoms in total. The number of aromatic hydroxyl groups is 1. The number of aliphatic imine (C=N–C) groups is 1. The lowest BCUT2D eigenvalue weighted by Crippen LogP contribution is -2.39. The maximum absolute atomic E-state index is 12.9. The van der Waals surface area contributed by atoms with Crippen molar-refractivity contribution in [1.29, 1.82) is 0 Å². The van der Waals surface area contributed by atoms with Crippen LogP contribution in [0.2, 0.25) is 0 Å². The fourth-order valence-electron chi connectivity index (χ4n) is 3.16. The van der Waals surface area contributed by atoms with Crippen LogP contribution in [-0.4, -0.2) is 38.1 Å². The Kier molecular flexibility index (Phi) is 7.62. The van der Waals surface area contributed by atoms with E-state index in [0.717, 1.165) is 32.0 Å². The van der Waals surface area contributed by atoms with Gasteiger partial charge in [0.25, 0.3) is 5.56 Å². The van der Waals surface area contributed by atoms with Crippen molar-refractivity contribution in [2.75, 3.05) is 18.2 Å². The highest BCUT2D eigenvalue weighted by molar-refractivity contribution is 8.15. The minimum absolute atomic E-state index is 0.104. The number of thioether (sulfide) groups is 1. The van der Waals surface area contributed by atoms with E-state index in [4.69, 9.17) is 4.74 Å². The highest BCUT2D eigenvalue weighted by atomic mass is 32.2. The highest BCUT2D eigenvalue weighted by Gasteiger charge is 2.22. The quantitative estimate of drug-likeness (QED) is 0.412. The Morgan fingerprint density at radius 2 is 1.79 bits per heavy atom. The first kappa shape index (κ1) is 24.8. The third-order valence-electron chi connectivity index (χ3n) is 5.29. The summed E-state index contributed by atoms with van der Waals surface area (Å²) < 4.78 is 7.10. The number of aromatic nitrogens is 2. The molecule has 2 N–H and O–H groups in total. The number of benzene rings is 2. The van der Waals surface area contributed by atoms with Gasteiger partial charge in [-0.2, -0.15) is 0 Å². The summed E-state index contributed by atoms with van der Waals surface area (Å²) in [7, 11) is 4.18. The van der Waals surface area contributed by atoms with Crippen LogP contribution in [0.5, 0.6) is 11.6 Å². The zero-order valence-corrected chi connectivity index (χ0v) is 20.4. The van der Waals surface area contributed by atoms with Crippen molar-refractivity contribution in [2.45, 2.75) is 13.8 Å². The molecule has 2 aromatic carbocycles. The van der Waals surface area contributed by atoms with Crippen LogP contribution in [0.3, 0.4) is 0 Å². The van der Waals surface area contributed by atoms with E-state index in [2.05, 4.69) is 10.3 Å². The number of hydrogen-bond donors (Lipinski definition) is 2. The van der Waals surface area contributed by atoms with Gasteiger partial charge in [-0.05, 0) is 49.2 Å². The highest BCUT2D eigenvalue weighted by Crippen LogP contribution is 2.26. The second kappa shape index (κ2) is 10.4. The summed E-state index contributed by atoms with van der Waals surface area (Å²) in [5.74, 6) is -0.473. The summed E-state index contributed by atoms with van der Waals surface area (Å²) in [6.45, 7) is 3.90. The van der Waals surface area contributed by atoms with Crippen LogP contribution < -0.4 is 21.3 Å². The van der Waals surface area contributed by atoms with E-state index in [-0.39, 0.29) is 22.3 Å². The van der Waals surface area contributed by atoms with E-state index in [1.807, 2.05) is 26.0 Å². The SMILES string of the molecule is COc1ccccc1NC(=O)CSC(=Nc1ccc(C)c(C)c1)c1c(O)n(C)c(=O)n(C)c1=O. The van der Waals surface area contributed by atoms with Crippen LogP contribution in [0, 0.1) is 13.8 Å². The first-order chi connectivity index (χ1) is 16.1. The predicted molar refractivity (Wildman–Crippen MR) is 135 cm³/mol. The van der Waals surface area contributed by atoms with E-state index in [1.54, 1.807) is 30.3 Å². The summed E-state index contributed by atoms with van der Waals surface area (Å²) in [5, 5.41) is 13.5. The monoisotopic (exact) mass is 482 g/mol. The summed E-state index contributed by atoms with van der Waals surface area (Å²) in [4.78, 5) is 42.4. The molecule has 0 aliphatic heterocycles. The van der Waals surface area contributed by atoms with E-state index >= 15 is 0 Å². The third-order valence-corrected chi connectivity index (χ3v) is 6.27. The first-order valence-corrected chi connectivity index (χ1v) is 11.3. The van der Waals surface area contributed by atoms with Crippen LogP contribution >= 0.6 is 11.8 Å². The number of ether oxygens (including phenoxy) is 1. The van der Waals surface area contributed by atoms with Crippen LogP contribution in [0.1, 0.15) is 16.7 Å². The molecule has 3 rings (SSSR count). The average Bonchev–Trinajstić information content (AvgIpc) is 2.82. The Morgan fingerprint density at radius 3 is 2.47 bits per heavy atom. The van der Waals surface area contributed by atoms with Gasteiger partial charge in [-0.1, -0.05) is 30.0 Å². The number of anilines is 1. The number of nitrogens with one attached hydrogen (secondary N) is 1. The average molecular weight is 483 g/mol. The van der Waals surface area contributed by atoms with Crippen molar-refractivity contribution < 1.29 is 14.6 Å². The Hall–Kier alpha value is -3.79. The molecule has 0 spiro atoms. The molecule has 1 amide bonds. The van der Waals surface area contributed by atoms with Crippen LogP contribution in [0.4, 0.5) is 11.4 Å². The van der Waals surface area contributed by atoms with Crippen molar-refractivity contribution in [1.82, 2.24) is 9.13 Å². The van der Waals surface area contributed by atoms with Crippen LogP contribution in [0.25, 0.3) is 0 Å². The largest absolute Gasteiger partial charge is 0.495 e. The van der Waals surface area contributed by atoms with Gasteiger partial charge in [0.15, 0.2) is 0 Å². The summed E-state index contributed by atoms with van der Waals surface area (Å²) in [6, 6.07) is 12.5. The molecule has 1 heterocycles. The molecule has 178 valence electrons. The van der Waals surface area contributed by atoms with Crippen molar-refractivity contribution in [3.8, 4) is 11.6 Å². The van der Waals surface area contributed by atoms with Crippen LogP contribution in [-0.2, 0) is 18.9 Å². The lowest BCUT2D eigenvalue weighted by Gasteiger charge is -2.13. The van der Waals surface area contributed by atoms with E-state index < -0.39 is 17.1 Å². The normalized spacial score (nSPS) is 11.4. The van der Waals surface area contributed by atoms with Crippen LogP contribution in [0.15, 0.2) is 57.0 Å². The van der Waals surface area contributed by atoms with Crippen molar-refractivity contribution in [2.24, 2.45) is 19.1 Å². The number of methoxy groups -OCH3 is 1. The lowest BCUT2D eigenvalue weighted by atomic mass is 10.1. The first-order valence-electron chi connectivity index (χ1n) is 10.3. The molecule has 0 bridgehead atoms. The van der Waals surface area contributed by atoms with Gasteiger partial charge in [0.2, 0.25) is 11.8 Å². The summed E-state index contributed by atoms with van der Waals surface area (Å²) >= 11 is 0.980. The Balaban J connectivity index is 2.01. The Morgan fingerprint density at radius 1 is 1.09 bits per heavy atom. The fourth-order valence-corrected chi connectivity index (χ4v) is 3.99. The molecule has 0 unspecified atom stereocenters. The van der Waals surface area contributed by atoms with Gasteiger partial charge in [0.05, 0.1) is 24.2 Å². The fraction of sp³-hybridized carbons (Fsp3) is 0.250. The standard InChI is InChI=1S/C24H26N4O5S/c1-14-10-11-16(12-15(14)2)25-21(20-22(30)27(3)24(32)28(4)23(20)31)34-13-19(29)26-17-8-6-7-9-18(17)33-5/h6-12,30H,13H2,1-5H3,(H,26,29). The molecule has 0 radical (unpaired) electrons. The molecule has 0 saturated carbocycles. The number of carbonyl (C=O) groups excluding carboxylic acids is 1. The molecule has 0 atom stereocenters. The molecule has 0 aliphatic carbocycles. The third kappa shape index (κ3) is 5.23. The van der Waals surface area contributed by atoms with Gasteiger partial charge >= 0.3 is 5.69 Å². The van der Waals surface area contributed by atoms with E-state index in [0.29, 0.717) is 17.1 Å². The number of carbonyl (C=O) groups is 1. The second-order valence-electron chi connectivity index (χ2n) is 7.63. The Labute approximate surface area is 200 Å². The summed E-state index contributed by atoms with van der Waals surface area (Å²) in [6.07, 6.45) is 0. The zero-order valence-electron chi connectivity index (χ0n) is 19.6. The smallest absolute Gasteiger partial charge is 0.333 e. The second-order valence-corrected chi connectivity index (χ2v) is 8.59. The Bertz CT molecular complexity index is 1390. The molecule has 34 heavy (non-hydrogen) atoms. The van der Waals surface area contributed by atoms with E-state index in [1.165, 1.54) is 21.2 Å². The molecule has 0 saturated heterocycles. The van der Waals surface area contributed by atoms with Gasteiger partial charge < -0.3 is 15.2 Å². The topological polar surface area (TPSA) is 115 Å². The van der Waals surface area contributed by atoms with Crippen molar-refractivity contribution in [3.63, 3.8) is 0 Å². The minimum Gasteiger partial charge on any atom is -0.495 e. The molecule has 0 fully saturated rings. The number of amides is 1. The number of nitrogens with zero attached hydrogens (tertiary/aromatic N) is 3. The lowest BCUT2D eigenvalue weighted by molar-refractivity contribution is -0.113. The maximum Gasteiger partial charge on any atom is 0.333 e. The number of rotatable bonds is 6. The zero-order chi connectivity index (χ0) is 25.0. The van der Waals surface area contributed by atoms with Gasteiger partial charge in [-0.15, -0.1) is 0 Å². The van der Waals surface area contributed by atoms with Crippen molar-refractivity contribution in [3.05, 3.63) is 80.0 Å². The molecule has 0 aliphatic rings. The summed E-state index contributed by atoms with van der Waals surface area (Å²) in [5.41, 5.74) is 1.59.